The van der Waals surface area contributed by atoms with E-state index in [1.54, 1.807) is 13.8 Å². The molecule has 0 fully saturated rings. The van der Waals surface area contributed by atoms with E-state index in [1.165, 1.54) is 0 Å². The van der Waals surface area contributed by atoms with E-state index in [0.717, 1.165) is 16.3 Å². The van der Waals surface area contributed by atoms with Crippen LogP contribution in [0.25, 0.3) is 10.8 Å². The molecule has 5 heteroatoms. The molecule has 28 heavy (non-hydrogen) atoms. The van der Waals surface area contributed by atoms with Crippen LogP contribution in [0.1, 0.15) is 25.0 Å². The molecular weight excluding hydrogens is 371 g/mol. The summed E-state index contributed by atoms with van der Waals surface area (Å²) in [4.78, 5) is 0. The van der Waals surface area contributed by atoms with Gasteiger partial charge in [-0.1, -0.05) is 60.7 Å². The van der Waals surface area contributed by atoms with Gasteiger partial charge in [0.1, 0.15) is 12.4 Å². The first-order valence-corrected chi connectivity index (χ1v) is 10.8. The lowest BCUT2D eigenvalue weighted by Crippen LogP contribution is -1.98. The van der Waals surface area contributed by atoms with E-state index >= 15 is 0 Å². The number of hydrogen-bond acceptors (Lipinski definition) is 4. The van der Waals surface area contributed by atoms with Crippen molar-refractivity contribution in [3.8, 4) is 17.3 Å². The summed E-state index contributed by atoms with van der Waals surface area (Å²) < 4.78 is 29.4. The van der Waals surface area contributed by atoms with Crippen LogP contribution in [0.4, 0.5) is 0 Å². The summed E-state index contributed by atoms with van der Waals surface area (Å²) in [7, 11) is -3.48. The average Bonchev–Trinajstić information content (AvgIpc) is 2.72. The number of benzene rings is 3. The minimum Gasteiger partial charge on any atom is -0.488 e. The Labute approximate surface area is 166 Å². The molecule has 144 valence electrons. The molecule has 0 atom stereocenters. The standard InChI is InChI=1S/C23H23O4P/c1-3-26-28(24,27-4-2)17-16-22-21-13-9-8-12-20(21)14-15-23(22)25-18-19-10-6-5-7-11-19/h5-15H,3-4,18H2,1-2H3. The van der Waals surface area contributed by atoms with Crippen molar-refractivity contribution in [3.05, 3.63) is 77.9 Å². The van der Waals surface area contributed by atoms with E-state index in [9.17, 15) is 4.57 Å². The normalized spacial score (nSPS) is 11.1. The smallest absolute Gasteiger partial charge is 0.405 e. The monoisotopic (exact) mass is 394 g/mol. The van der Waals surface area contributed by atoms with Gasteiger partial charge in [-0.05, 0) is 36.8 Å². The van der Waals surface area contributed by atoms with Gasteiger partial charge in [0.2, 0.25) is 0 Å². The molecule has 0 bridgehead atoms. The number of fused-ring (bicyclic) bond motifs is 1. The maximum absolute atomic E-state index is 12.8. The molecule has 0 aliphatic rings. The molecular formula is C23H23O4P. The van der Waals surface area contributed by atoms with Crippen LogP contribution in [0.5, 0.6) is 5.75 Å². The van der Waals surface area contributed by atoms with Crippen LogP contribution in [-0.2, 0) is 20.2 Å². The van der Waals surface area contributed by atoms with Crippen LogP contribution in [0.3, 0.4) is 0 Å². The molecule has 0 N–H and O–H groups in total. The molecule has 0 unspecified atom stereocenters. The van der Waals surface area contributed by atoms with Crippen molar-refractivity contribution >= 4 is 18.4 Å². The summed E-state index contributed by atoms with van der Waals surface area (Å²) in [6, 6.07) is 21.7. The Morgan fingerprint density at radius 1 is 0.857 bits per heavy atom. The van der Waals surface area contributed by atoms with Crippen molar-refractivity contribution in [2.45, 2.75) is 20.5 Å². The van der Waals surface area contributed by atoms with E-state index < -0.39 is 7.60 Å². The minimum atomic E-state index is -3.48. The third-order valence-electron chi connectivity index (χ3n) is 4.04. The summed E-state index contributed by atoms with van der Waals surface area (Å²) >= 11 is 0. The Morgan fingerprint density at radius 3 is 2.25 bits per heavy atom. The fourth-order valence-corrected chi connectivity index (χ4v) is 3.93. The van der Waals surface area contributed by atoms with Gasteiger partial charge in [-0.25, -0.2) is 4.57 Å². The Morgan fingerprint density at radius 2 is 1.54 bits per heavy atom. The van der Waals surface area contributed by atoms with Gasteiger partial charge < -0.3 is 4.74 Å². The molecule has 0 amide bonds. The first-order valence-electron chi connectivity index (χ1n) is 9.26. The van der Waals surface area contributed by atoms with Gasteiger partial charge >= 0.3 is 7.60 Å². The molecule has 0 spiro atoms. The Balaban J connectivity index is 2.01. The molecule has 0 aliphatic carbocycles. The maximum Gasteiger partial charge on any atom is 0.405 e. The van der Waals surface area contributed by atoms with E-state index in [-0.39, 0.29) is 13.2 Å². The first-order chi connectivity index (χ1) is 13.6. The predicted octanol–water partition coefficient (Wildman–Crippen LogP) is 5.99. The molecule has 4 nitrogen and oxygen atoms in total. The third-order valence-corrected chi connectivity index (χ3v) is 5.63. The maximum atomic E-state index is 12.8. The highest BCUT2D eigenvalue weighted by Crippen LogP contribution is 2.47. The second-order valence-electron chi connectivity index (χ2n) is 6.00. The van der Waals surface area contributed by atoms with Crippen molar-refractivity contribution in [2.75, 3.05) is 13.2 Å². The molecule has 0 saturated carbocycles. The van der Waals surface area contributed by atoms with Crippen LogP contribution >= 0.6 is 7.60 Å². The predicted molar refractivity (Wildman–Crippen MR) is 112 cm³/mol. The lowest BCUT2D eigenvalue weighted by molar-refractivity contribution is 0.230. The Hall–Kier alpha value is -2.57. The van der Waals surface area contributed by atoms with Gasteiger partial charge in [-0.2, -0.15) is 0 Å². The van der Waals surface area contributed by atoms with Gasteiger partial charge in [0.25, 0.3) is 0 Å². The molecule has 3 rings (SSSR count). The lowest BCUT2D eigenvalue weighted by atomic mass is 10.0. The molecule has 0 heterocycles. The number of rotatable bonds is 7. The summed E-state index contributed by atoms with van der Waals surface area (Å²) in [5.41, 5.74) is 4.46. The van der Waals surface area contributed by atoms with Gasteiger partial charge in [-0.15, -0.1) is 0 Å². The van der Waals surface area contributed by atoms with Crippen LogP contribution < -0.4 is 4.74 Å². The molecule has 0 aromatic heterocycles. The van der Waals surface area contributed by atoms with Gasteiger partial charge in [0.15, 0.2) is 0 Å². The molecule has 0 saturated heterocycles. The summed E-state index contributed by atoms with van der Waals surface area (Å²) in [6.07, 6.45) is 0. The SMILES string of the molecule is CCOP(=O)(C#Cc1c(OCc2ccccc2)ccc2ccccc12)OCC. The van der Waals surface area contributed by atoms with Crippen LogP contribution in [0.15, 0.2) is 66.7 Å². The summed E-state index contributed by atoms with van der Waals surface area (Å²) in [5.74, 6) is 3.65. The van der Waals surface area contributed by atoms with Gasteiger partial charge in [0, 0.05) is 11.0 Å². The fourth-order valence-electron chi connectivity index (χ4n) is 2.80. The topological polar surface area (TPSA) is 44.8 Å². The Kier molecular flexibility index (Phi) is 6.90. The molecule has 3 aromatic rings. The summed E-state index contributed by atoms with van der Waals surface area (Å²) in [5, 5.41) is 1.96. The fraction of sp³-hybridized carbons (Fsp3) is 0.217. The van der Waals surface area contributed by atoms with Crippen molar-refractivity contribution < 1.29 is 18.3 Å². The zero-order chi connectivity index (χ0) is 19.8. The first kappa shape index (κ1) is 20.2. The third kappa shape index (κ3) is 5.03. The Bertz CT molecular complexity index is 1020. The lowest BCUT2D eigenvalue weighted by Gasteiger charge is -2.12. The highest BCUT2D eigenvalue weighted by molar-refractivity contribution is 7.59. The molecule has 0 aliphatic heterocycles. The van der Waals surface area contributed by atoms with Crippen molar-refractivity contribution in [1.29, 1.82) is 0 Å². The van der Waals surface area contributed by atoms with E-state index in [4.69, 9.17) is 13.8 Å². The van der Waals surface area contributed by atoms with Gasteiger partial charge in [0.05, 0.1) is 18.8 Å². The quantitative estimate of drug-likeness (QED) is 0.364. The average molecular weight is 394 g/mol. The molecule has 0 radical (unpaired) electrons. The van der Waals surface area contributed by atoms with Crippen LogP contribution in [0.2, 0.25) is 0 Å². The van der Waals surface area contributed by atoms with E-state index in [1.807, 2.05) is 66.7 Å². The van der Waals surface area contributed by atoms with Crippen molar-refractivity contribution in [3.63, 3.8) is 0 Å². The van der Waals surface area contributed by atoms with Crippen LogP contribution in [0, 0.1) is 11.6 Å². The summed E-state index contributed by atoms with van der Waals surface area (Å²) in [6.45, 7) is 4.47. The second-order valence-corrected chi connectivity index (χ2v) is 7.74. The zero-order valence-electron chi connectivity index (χ0n) is 16.1. The number of ether oxygens (including phenoxy) is 1. The molecule has 3 aromatic carbocycles. The van der Waals surface area contributed by atoms with Crippen molar-refractivity contribution in [1.82, 2.24) is 0 Å². The zero-order valence-corrected chi connectivity index (χ0v) is 16.9. The second kappa shape index (κ2) is 9.57. The van der Waals surface area contributed by atoms with E-state index in [2.05, 4.69) is 11.6 Å². The minimum absolute atomic E-state index is 0.263. The number of hydrogen-bond donors (Lipinski definition) is 0. The van der Waals surface area contributed by atoms with E-state index in [0.29, 0.717) is 17.9 Å². The highest BCUT2D eigenvalue weighted by atomic mass is 31.2. The van der Waals surface area contributed by atoms with Gasteiger partial charge in [-0.3, -0.25) is 9.05 Å². The highest BCUT2D eigenvalue weighted by Gasteiger charge is 2.20. The van der Waals surface area contributed by atoms with Crippen molar-refractivity contribution in [2.24, 2.45) is 0 Å². The van der Waals surface area contributed by atoms with Crippen LogP contribution in [-0.4, -0.2) is 13.2 Å². The largest absolute Gasteiger partial charge is 0.488 e.